The van der Waals surface area contributed by atoms with Crippen LogP contribution in [0.25, 0.3) is 33.2 Å². The molecule has 0 fully saturated rings. The van der Waals surface area contributed by atoms with Gasteiger partial charge < -0.3 is 9.30 Å². The van der Waals surface area contributed by atoms with Crippen LogP contribution in [0.1, 0.15) is 6.42 Å². The van der Waals surface area contributed by atoms with Gasteiger partial charge in [-0.3, -0.25) is 0 Å². The summed E-state index contributed by atoms with van der Waals surface area (Å²) in [6, 6.07) is 28.9. The molecule has 148 valence electrons. The number of halogens is 1. The third kappa shape index (κ3) is 3.52. The molecule has 5 rings (SSSR count). The fourth-order valence-electron chi connectivity index (χ4n) is 3.85. The molecule has 0 aliphatic carbocycles. The van der Waals surface area contributed by atoms with Gasteiger partial charge in [0.25, 0.3) is 0 Å². The van der Waals surface area contributed by atoms with Crippen LogP contribution in [0.4, 0.5) is 4.39 Å². The molecule has 0 aliphatic rings. The number of hydrogen-bond acceptors (Lipinski definition) is 2. The Balaban J connectivity index is 1.37. The summed E-state index contributed by atoms with van der Waals surface area (Å²) >= 11 is 0. The summed E-state index contributed by atoms with van der Waals surface area (Å²) in [7, 11) is 0. The van der Waals surface area contributed by atoms with Gasteiger partial charge in [-0.1, -0.05) is 48.5 Å². The first kappa shape index (κ1) is 18.4. The lowest BCUT2D eigenvalue weighted by atomic mass is 10.1. The SMILES string of the molecule is Fc1ccc(-c2nc3ccccc3n2CCCOc2cccc3ccccc23)cc1. The molecule has 30 heavy (non-hydrogen) atoms. The second kappa shape index (κ2) is 7.99. The van der Waals surface area contributed by atoms with E-state index in [0.717, 1.165) is 46.5 Å². The first-order chi connectivity index (χ1) is 14.8. The highest BCUT2D eigenvalue weighted by Crippen LogP contribution is 2.27. The average molecular weight is 396 g/mol. The van der Waals surface area contributed by atoms with Crippen LogP contribution in [0.15, 0.2) is 91.0 Å². The Hall–Kier alpha value is -3.66. The standard InChI is InChI=1S/C26H21FN2O/c27-21-15-13-20(14-16-21)26-28-23-10-3-4-11-24(23)29(26)17-6-18-30-25-12-5-8-19-7-1-2-9-22(19)25/h1-5,7-16H,6,17-18H2. The average Bonchev–Trinajstić information content (AvgIpc) is 3.16. The summed E-state index contributed by atoms with van der Waals surface area (Å²) in [6.45, 7) is 1.36. The number of para-hydroxylation sites is 2. The summed E-state index contributed by atoms with van der Waals surface area (Å²) in [5.41, 5.74) is 2.91. The van der Waals surface area contributed by atoms with Crippen molar-refractivity contribution in [2.45, 2.75) is 13.0 Å². The molecule has 0 saturated heterocycles. The number of aryl methyl sites for hydroxylation is 1. The van der Waals surface area contributed by atoms with E-state index in [9.17, 15) is 4.39 Å². The largest absolute Gasteiger partial charge is 0.493 e. The number of ether oxygens (including phenoxy) is 1. The molecule has 0 unspecified atom stereocenters. The highest BCUT2D eigenvalue weighted by molar-refractivity contribution is 5.88. The summed E-state index contributed by atoms with van der Waals surface area (Å²) in [4.78, 5) is 4.79. The van der Waals surface area contributed by atoms with Gasteiger partial charge in [-0.2, -0.15) is 0 Å². The Labute approximate surface area is 174 Å². The third-order valence-corrected chi connectivity index (χ3v) is 5.29. The molecule has 3 nitrogen and oxygen atoms in total. The highest BCUT2D eigenvalue weighted by atomic mass is 19.1. The molecule has 0 amide bonds. The van der Waals surface area contributed by atoms with Gasteiger partial charge in [0, 0.05) is 17.5 Å². The second-order valence-electron chi connectivity index (χ2n) is 7.26. The molecule has 0 saturated carbocycles. The van der Waals surface area contributed by atoms with E-state index in [1.165, 1.54) is 17.5 Å². The van der Waals surface area contributed by atoms with Gasteiger partial charge in [-0.25, -0.2) is 9.37 Å². The summed E-state index contributed by atoms with van der Waals surface area (Å²) < 4.78 is 21.7. The van der Waals surface area contributed by atoms with Crippen molar-refractivity contribution >= 4 is 21.8 Å². The first-order valence-electron chi connectivity index (χ1n) is 10.1. The van der Waals surface area contributed by atoms with Crippen LogP contribution in [0.5, 0.6) is 5.75 Å². The molecule has 0 atom stereocenters. The number of benzene rings is 4. The molecule has 1 aromatic heterocycles. The normalized spacial score (nSPS) is 11.2. The molecule has 1 heterocycles. The zero-order valence-corrected chi connectivity index (χ0v) is 16.5. The molecule has 4 aromatic carbocycles. The fraction of sp³-hybridized carbons (Fsp3) is 0.115. The lowest BCUT2D eigenvalue weighted by Gasteiger charge is -2.12. The predicted molar refractivity (Wildman–Crippen MR) is 119 cm³/mol. The maximum absolute atomic E-state index is 13.4. The van der Waals surface area contributed by atoms with E-state index in [4.69, 9.17) is 9.72 Å². The van der Waals surface area contributed by atoms with Crippen LogP contribution in [0, 0.1) is 5.82 Å². The van der Waals surface area contributed by atoms with Crippen molar-refractivity contribution in [1.82, 2.24) is 9.55 Å². The van der Waals surface area contributed by atoms with Gasteiger partial charge in [0.15, 0.2) is 0 Å². The van der Waals surface area contributed by atoms with E-state index >= 15 is 0 Å². The van der Waals surface area contributed by atoms with E-state index in [0.29, 0.717) is 6.61 Å². The summed E-state index contributed by atoms with van der Waals surface area (Å²) in [5, 5.41) is 2.30. The Morgan fingerprint density at radius 2 is 1.57 bits per heavy atom. The van der Waals surface area contributed by atoms with Crippen LogP contribution in [0.3, 0.4) is 0 Å². The Morgan fingerprint density at radius 3 is 2.47 bits per heavy atom. The minimum Gasteiger partial charge on any atom is -0.493 e. The second-order valence-corrected chi connectivity index (χ2v) is 7.26. The number of fused-ring (bicyclic) bond motifs is 2. The molecule has 0 spiro atoms. The molecule has 5 aromatic rings. The minimum absolute atomic E-state index is 0.245. The van der Waals surface area contributed by atoms with E-state index in [2.05, 4.69) is 28.8 Å². The zero-order valence-electron chi connectivity index (χ0n) is 16.5. The van der Waals surface area contributed by atoms with Crippen LogP contribution in [-0.2, 0) is 6.54 Å². The number of hydrogen-bond donors (Lipinski definition) is 0. The number of imidazole rings is 1. The zero-order chi connectivity index (χ0) is 20.3. The Morgan fingerprint density at radius 1 is 0.800 bits per heavy atom. The van der Waals surface area contributed by atoms with Crippen molar-refractivity contribution in [1.29, 1.82) is 0 Å². The number of rotatable bonds is 6. The lowest BCUT2D eigenvalue weighted by molar-refractivity contribution is 0.306. The quantitative estimate of drug-likeness (QED) is 0.308. The molecular formula is C26H21FN2O. The molecule has 4 heteroatoms. The summed E-state index contributed by atoms with van der Waals surface area (Å²) in [6.07, 6.45) is 0.831. The van der Waals surface area contributed by atoms with Gasteiger partial charge >= 0.3 is 0 Å². The van der Waals surface area contributed by atoms with Crippen molar-refractivity contribution < 1.29 is 9.13 Å². The monoisotopic (exact) mass is 396 g/mol. The fourth-order valence-corrected chi connectivity index (χ4v) is 3.85. The van der Waals surface area contributed by atoms with Crippen molar-refractivity contribution in [2.24, 2.45) is 0 Å². The van der Waals surface area contributed by atoms with Crippen molar-refractivity contribution in [3.63, 3.8) is 0 Å². The van der Waals surface area contributed by atoms with Crippen molar-refractivity contribution in [2.75, 3.05) is 6.61 Å². The topological polar surface area (TPSA) is 27.1 Å². The molecule has 0 bridgehead atoms. The van der Waals surface area contributed by atoms with Crippen molar-refractivity contribution in [3.05, 3.63) is 96.8 Å². The highest BCUT2D eigenvalue weighted by Gasteiger charge is 2.12. The van der Waals surface area contributed by atoms with Crippen LogP contribution in [0.2, 0.25) is 0 Å². The van der Waals surface area contributed by atoms with Crippen molar-refractivity contribution in [3.8, 4) is 17.1 Å². The molecular weight excluding hydrogens is 375 g/mol. The van der Waals surface area contributed by atoms with Gasteiger partial charge in [0.2, 0.25) is 0 Å². The lowest BCUT2D eigenvalue weighted by Crippen LogP contribution is -2.06. The molecule has 0 radical (unpaired) electrons. The van der Waals surface area contributed by atoms with Crippen LogP contribution >= 0.6 is 0 Å². The van der Waals surface area contributed by atoms with Gasteiger partial charge in [0.05, 0.1) is 17.6 Å². The summed E-state index contributed by atoms with van der Waals surface area (Å²) in [5.74, 6) is 1.51. The molecule has 0 aliphatic heterocycles. The molecule has 0 N–H and O–H groups in total. The Kier molecular flexibility index (Phi) is 4.89. The predicted octanol–water partition coefficient (Wildman–Crippen LogP) is 6.46. The van der Waals surface area contributed by atoms with E-state index in [1.54, 1.807) is 12.1 Å². The van der Waals surface area contributed by atoms with E-state index in [-0.39, 0.29) is 5.82 Å². The number of nitrogens with zero attached hydrogens (tertiary/aromatic N) is 2. The minimum atomic E-state index is -0.245. The van der Waals surface area contributed by atoms with Gasteiger partial charge in [-0.15, -0.1) is 0 Å². The third-order valence-electron chi connectivity index (χ3n) is 5.29. The first-order valence-corrected chi connectivity index (χ1v) is 10.1. The Bertz CT molecular complexity index is 1300. The van der Waals surface area contributed by atoms with Gasteiger partial charge in [-0.05, 0) is 54.3 Å². The van der Waals surface area contributed by atoms with Crippen LogP contribution < -0.4 is 4.74 Å². The van der Waals surface area contributed by atoms with E-state index < -0.39 is 0 Å². The maximum Gasteiger partial charge on any atom is 0.141 e. The maximum atomic E-state index is 13.4. The number of aromatic nitrogens is 2. The van der Waals surface area contributed by atoms with Gasteiger partial charge in [0.1, 0.15) is 17.4 Å². The van der Waals surface area contributed by atoms with Crippen LogP contribution in [-0.4, -0.2) is 16.2 Å². The van der Waals surface area contributed by atoms with E-state index in [1.807, 2.05) is 42.5 Å². The smallest absolute Gasteiger partial charge is 0.141 e.